The SMILES string of the molecule is COc1ccc(-n2nc(C3CC3)c3c(C(F)F)cc(-c4ccc(Cl)cc4)nc32)cc1. The summed E-state index contributed by atoms with van der Waals surface area (Å²) >= 11 is 5.99. The van der Waals surface area contributed by atoms with E-state index in [2.05, 4.69) is 0 Å². The monoisotopic (exact) mass is 425 g/mol. The summed E-state index contributed by atoms with van der Waals surface area (Å²) in [5.74, 6) is 0.911. The van der Waals surface area contributed by atoms with Crippen LogP contribution >= 0.6 is 11.6 Å². The predicted octanol–water partition coefficient (Wildman–Crippen LogP) is 6.56. The molecule has 0 aliphatic heterocycles. The number of aromatic nitrogens is 3. The molecule has 0 bridgehead atoms. The number of pyridine rings is 1. The second kappa shape index (κ2) is 7.36. The van der Waals surface area contributed by atoms with Crippen molar-refractivity contribution in [2.45, 2.75) is 25.2 Å². The van der Waals surface area contributed by atoms with Gasteiger partial charge in [0, 0.05) is 22.1 Å². The number of nitrogens with zero attached hydrogens (tertiary/aromatic N) is 3. The van der Waals surface area contributed by atoms with Crippen molar-refractivity contribution in [2.24, 2.45) is 0 Å². The molecule has 7 heteroatoms. The van der Waals surface area contributed by atoms with E-state index in [1.54, 1.807) is 36.1 Å². The summed E-state index contributed by atoms with van der Waals surface area (Å²) in [6.45, 7) is 0. The summed E-state index contributed by atoms with van der Waals surface area (Å²) in [7, 11) is 1.60. The number of rotatable bonds is 5. The van der Waals surface area contributed by atoms with Gasteiger partial charge in [-0.25, -0.2) is 18.4 Å². The standard InChI is InChI=1S/C23H18ClF2N3O/c1-30-17-10-8-16(9-11-17)29-23-20(21(28-29)14-2-3-14)18(22(25)26)12-19(27-23)13-4-6-15(24)7-5-13/h4-12,14,22H,2-3H2,1H3. The summed E-state index contributed by atoms with van der Waals surface area (Å²) in [6, 6.07) is 15.8. The summed E-state index contributed by atoms with van der Waals surface area (Å²) in [4.78, 5) is 4.76. The third kappa shape index (κ3) is 3.31. The fourth-order valence-electron chi connectivity index (χ4n) is 3.66. The van der Waals surface area contributed by atoms with Crippen molar-refractivity contribution >= 4 is 22.6 Å². The fourth-order valence-corrected chi connectivity index (χ4v) is 3.78. The Bertz CT molecular complexity index is 1220. The maximum Gasteiger partial charge on any atom is 0.264 e. The van der Waals surface area contributed by atoms with Crippen LogP contribution in [0.3, 0.4) is 0 Å². The number of alkyl halides is 2. The van der Waals surface area contributed by atoms with E-state index in [1.807, 2.05) is 24.3 Å². The van der Waals surface area contributed by atoms with Gasteiger partial charge in [0.05, 0.1) is 29.6 Å². The number of hydrogen-bond donors (Lipinski definition) is 0. The third-order valence-electron chi connectivity index (χ3n) is 5.35. The van der Waals surface area contributed by atoms with Gasteiger partial charge in [0.25, 0.3) is 6.43 Å². The van der Waals surface area contributed by atoms with Crippen LogP contribution in [0.15, 0.2) is 54.6 Å². The minimum Gasteiger partial charge on any atom is -0.497 e. The second-order valence-electron chi connectivity index (χ2n) is 7.37. The van der Waals surface area contributed by atoms with Crippen LogP contribution in [0.2, 0.25) is 5.02 Å². The topological polar surface area (TPSA) is 39.9 Å². The first-order valence-corrected chi connectivity index (χ1v) is 10.0. The van der Waals surface area contributed by atoms with E-state index in [1.165, 1.54) is 6.07 Å². The van der Waals surface area contributed by atoms with E-state index in [-0.39, 0.29) is 11.5 Å². The van der Waals surface area contributed by atoms with Crippen LogP contribution in [0, 0.1) is 0 Å². The molecule has 0 radical (unpaired) electrons. The van der Waals surface area contributed by atoms with Crippen molar-refractivity contribution in [3.63, 3.8) is 0 Å². The molecule has 4 aromatic rings. The van der Waals surface area contributed by atoms with Gasteiger partial charge in [-0.2, -0.15) is 5.10 Å². The van der Waals surface area contributed by atoms with Crippen molar-refractivity contribution in [2.75, 3.05) is 7.11 Å². The molecule has 30 heavy (non-hydrogen) atoms. The van der Waals surface area contributed by atoms with Gasteiger partial charge in [0.15, 0.2) is 5.65 Å². The normalized spacial score (nSPS) is 13.9. The van der Waals surface area contributed by atoms with Crippen LogP contribution < -0.4 is 4.74 Å². The minimum absolute atomic E-state index is 0.0355. The lowest BCUT2D eigenvalue weighted by molar-refractivity contribution is 0.153. The number of benzene rings is 2. The first kappa shape index (κ1) is 19.0. The van der Waals surface area contributed by atoms with E-state index >= 15 is 0 Å². The van der Waals surface area contributed by atoms with Crippen LogP contribution in [-0.2, 0) is 0 Å². The zero-order valence-corrected chi connectivity index (χ0v) is 16.9. The Balaban J connectivity index is 1.78. The molecule has 2 aromatic heterocycles. The molecule has 152 valence electrons. The molecule has 0 atom stereocenters. The highest BCUT2D eigenvalue weighted by atomic mass is 35.5. The second-order valence-corrected chi connectivity index (χ2v) is 7.81. The molecule has 0 spiro atoms. The van der Waals surface area contributed by atoms with Gasteiger partial charge in [-0.1, -0.05) is 23.7 Å². The first-order valence-electron chi connectivity index (χ1n) is 9.67. The van der Waals surface area contributed by atoms with Gasteiger partial charge < -0.3 is 4.74 Å². The van der Waals surface area contributed by atoms with E-state index in [0.29, 0.717) is 33.2 Å². The van der Waals surface area contributed by atoms with Crippen LogP contribution in [-0.4, -0.2) is 21.9 Å². The van der Waals surface area contributed by atoms with Crippen LogP contribution in [0.25, 0.3) is 28.0 Å². The van der Waals surface area contributed by atoms with Crippen LogP contribution in [0.4, 0.5) is 8.78 Å². The highest BCUT2D eigenvalue weighted by Crippen LogP contribution is 2.45. The lowest BCUT2D eigenvalue weighted by atomic mass is 10.0. The fraction of sp³-hybridized carbons (Fsp3) is 0.217. The van der Waals surface area contributed by atoms with E-state index in [0.717, 1.165) is 24.1 Å². The molecule has 1 aliphatic rings. The molecule has 2 aromatic carbocycles. The van der Waals surface area contributed by atoms with Crippen LogP contribution in [0.1, 0.15) is 36.4 Å². The van der Waals surface area contributed by atoms with Crippen molar-refractivity contribution in [1.82, 2.24) is 14.8 Å². The molecule has 1 aliphatic carbocycles. The Kier molecular flexibility index (Phi) is 4.66. The van der Waals surface area contributed by atoms with Crippen molar-refractivity contribution < 1.29 is 13.5 Å². The Morgan fingerprint density at radius 2 is 1.77 bits per heavy atom. The summed E-state index contributed by atoms with van der Waals surface area (Å²) < 4.78 is 35.1. The molecule has 0 saturated heterocycles. The quantitative estimate of drug-likeness (QED) is 0.363. The summed E-state index contributed by atoms with van der Waals surface area (Å²) in [6.07, 6.45) is -0.722. The van der Waals surface area contributed by atoms with Gasteiger partial charge in [-0.3, -0.25) is 0 Å². The maximum absolute atomic E-state index is 14.1. The average Bonchev–Trinajstić information content (AvgIpc) is 3.54. The number of ether oxygens (including phenoxy) is 1. The predicted molar refractivity (Wildman–Crippen MR) is 113 cm³/mol. The first-order chi connectivity index (χ1) is 14.5. The van der Waals surface area contributed by atoms with E-state index in [9.17, 15) is 8.78 Å². The minimum atomic E-state index is -2.63. The van der Waals surface area contributed by atoms with Crippen molar-refractivity contribution in [3.05, 3.63) is 70.9 Å². The smallest absolute Gasteiger partial charge is 0.264 e. The van der Waals surface area contributed by atoms with Gasteiger partial charge in [-0.15, -0.1) is 0 Å². The van der Waals surface area contributed by atoms with E-state index < -0.39 is 6.43 Å². The highest BCUT2D eigenvalue weighted by Gasteiger charge is 2.33. The molecule has 1 saturated carbocycles. The molecule has 1 fully saturated rings. The number of fused-ring (bicyclic) bond motifs is 1. The van der Waals surface area contributed by atoms with Gasteiger partial charge in [0.1, 0.15) is 5.75 Å². The molecule has 4 nitrogen and oxygen atoms in total. The lowest BCUT2D eigenvalue weighted by Crippen LogP contribution is -2.00. The largest absolute Gasteiger partial charge is 0.497 e. The lowest BCUT2D eigenvalue weighted by Gasteiger charge is -2.09. The highest BCUT2D eigenvalue weighted by molar-refractivity contribution is 6.30. The third-order valence-corrected chi connectivity index (χ3v) is 5.60. The number of halogens is 3. The van der Waals surface area contributed by atoms with Gasteiger partial charge >= 0.3 is 0 Å². The number of methoxy groups -OCH3 is 1. The Hall–Kier alpha value is -2.99. The average molecular weight is 426 g/mol. The number of hydrogen-bond acceptors (Lipinski definition) is 3. The molecule has 0 N–H and O–H groups in total. The van der Waals surface area contributed by atoms with Gasteiger partial charge in [0.2, 0.25) is 0 Å². The molecule has 0 unspecified atom stereocenters. The Morgan fingerprint density at radius 3 is 2.37 bits per heavy atom. The van der Waals surface area contributed by atoms with Crippen molar-refractivity contribution in [3.8, 4) is 22.7 Å². The Morgan fingerprint density at radius 1 is 1.07 bits per heavy atom. The van der Waals surface area contributed by atoms with Gasteiger partial charge in [-0.05, 0) is 55.3 Å². The molecule has 0 amide bonds. The van der Waals surface area contributed by atoms with E-state index in [4.69, 9.17) is 26.4 Å². The maximum atomic E-state index is 14.1. The summed E-state index contributed by atoms with van der Waals surface area (Å²) in [5, 5.41) is 5.76. The Labute approximate surface area is 177 Å². The molecule has 5 rings (SSSR count). The van der Waals surface area contributed by atoms with Crippen LogP contribution in [0.5, 0.6) is 5.75 Å². The molecule has 2 heterocycles. The zero-order valence-electron chi connectivity index (χ0n) is 16.1. The molecular formula is C23H18ClF2N3O. The summed E-state index contributed by atoms with van der Waals surface area (Å²) in [5.41, 5.74) is 3.03. The zero-order chi connectivity index (χ0) is 20.8. The van der Waals surface area contributed by atoms with Crippen molar-refractivity contribution in [1.29, 1.82) is 0 Å². The molecular weight excluding hydrogens is 408 g/mol.